The van der Waals surface area contributed by atoms with Crippen LogP contribution in [0.25, 0.3) is 0 Å². The molecular formula is C12H9BrF2N2O. The summed E-state index contributed by atoms with van der Waals surface area (Å²) in [6, 6.07) is 5.53. The normalized spacial score (nSPS) is 10.2. The maximum absolute atomic E-state index is 13.5. The summed E-state index contributed by atoms with van der Waals surface area (Å²) in [5, 5.41) is 2.82. The van der Waals surface area contributed by atoms with E-state index in [9.17, 15) is 8.78 Å². The van der Waals surface area contributed by atoms with Crippen LogP contribution in [0.4, 0.5) is 14.6 Å². The first-order valence-electron chi connectivity index (χ1n) is 5.06. The van der Waals surface area contributed by atoms with E-state index in [1.54, 1.807) is 19.2 Å². The number of benzene rings is 1. The smallest absolute Gasteiger partial charge is 0.201 e. The fourth-order valence-electron chi connectivity index (χ4n) is 1.34. The summed E-state index contributed by atoms with van der Waals surface area (Å²) in [5.74, 6) is -1.24. The van der Waals surface area contributed by atoms with E-state index in [4.69, 9.17) is 4.74 Å². The number of anilines is 1. The van der Waals surface area contributed by atoms with E-state index in [1.807, 2.05) is 0 Å². The van der Waals surface area contributed by atoms with Crippen molar-refractivity contribution in [3.8, 4) is 11.5 Å². The molecule has 1 aromatic carbocycles. The molecule has 2 rings (SSSR count). The maximum Gasteiger partial charge on any atom is 0.201 e. The molecule has 1 aromatic heterocycles. The highest BCUT2D eigenvalue weighted by Crippen LogP contribution is 2.30. The number of rotatable bonds is 3. The van der Waals surface area contributed by atoms with Gasteiger partial charge in [-0.3, -0.25) is 0 Å². The number of hydrogen-bond donors (Lipinski definition) is 1. The fourth-order valence-corrected chi connectivity index (χ4v) is 1.75. The van der Waals surface area contributed by atoms with Gasteiger partial charge in [-0.15, -0.1) is 0 Å². The van der Waals surface area contributed by atoms with E-state index >= 15 is 0 Å². The molecular weight excluding hydrogens is 306 g/mol. The van der Waals surface area contributed by atoms with Crippen molar-refractivity contribution >= 4 is 21.7 Å². The lowest BCUT2D eigenvalue weighted by Gasteiger charge is -2.08. The highest BCUT2D eigenvalue weighted by molar-refractivity contribution is 9.10. The summed E-state index contributed by atoms with van der Waals surface area (Å²) in [6.07, 6.45) is 1.51. The van der Waals surface area contributed by atoms with Crippen molar-refractivity contribution in [2.45, 2.75) is 0 Å². The molecule has 6 heteroatoms. The molecule has 0 aliphatic heterocycles. The van der Waals surface area contributed by atoms with E-state index in [0.29, 0.717) is 16.0 Å². The molecule has 0 saturated heterocycles. The van der Waals surface area contributed by atoms with Gasteiger partial charge in [-0.05, 0) is 18.2 Å². The van der Waals surface area contributed by atoms with Gasteiger partial charge in [0.05, 0.1) is 0 Å². The van der Waals surface area contributed by atoms with Gasteiger partial charge in [0, 0.05) is 23.8 Å². The molecule has 0 radical (unpaired) electrons. The minimum atomic E-state index is -1.03. The molecule has 0 unspecified atom stereocenters. The van der Waals surface area contributed by atoms with Crippen LogP contribution in [0.2, 0.25) is 0 Å². The Balaban J connectivity index is 2.33. The SMILES string of the molecule is CNc1cc(Oc2cc(Br)cc(F)c2F)ccn1. The Morgan fingerprint density at radius 3 is 2.78 bits per heavy atom. The number of hydrogen-bond acceptors (Lipinski definition) is 3. The Hall–Kier alpha value is -1.69. The molecule has 94 valence electrons. The van der Waals surface area contributed by atoms with Crippen LogP contribution in [0.1, 0.15) is 0 Å². The van der Waals surface area contributed by atoms with Crippen molar-refractivity contribution in [2.24, 2.45) is 0 Å². The average Bonchev–Trinajstić information content (AvgIpc) is 2.35. The van der Waals surface area contributed by atoms with E-state index in [1.165, 1.54) is 12.3 Å². The largest absolute Gasteiger partial charge is 0.454 e. The van der Waals surface area contributed by atoms with E-state index < -0.39 is 11.6 Å². The van der Waals surface area contributed by atoms with Crippen LogP contribution < -0.4 is 10.1 Å². The van der Waals surface area contributed by atoms with Crippen LogP contribution >= 0.6 is 15.9 Å². The average molecular weight is 315 g/mol. The molecule has 1 heterocycles. The zero-order chi connectivity index (χ0) is 13.1. The molecule has 0 fully saturated rings. The monoisotopic (exact) mass is 314 g/mol. The van der Waals surface area contributed by atoms with Crippen molar-refractivity contribution in [1.29, 1.82) is 0 Å². The fraction of sp³-hybridized carbons (Fsp3) is 0.0833. The Bertz CT molecular complexity index is 578. The zero-order valence-corrected chi connectivity index (χ0v) is 11.0. The van der Waals surface area contributed by atoms with Crippen LogP contribution in [0, 0.1) is 11.6 Å². The van der Waals surface area contributed by atoms with Crippen molar-refractivity contribution in [2.75, 3.05) is 12.4 Å². The Morgan fingerprint density at radius 2 is 2.06 bits per heavy atom. The highest BCUT2D eigenvalue weighted by atomic mass is 79.9. The molecule has 18 heavy (non-hydrogen) atoms. The second kappa shape index (κ2) is 5.30. The van der Waals surface area contributed by atoms with E-state index in [-0.39, 0.29) is 5.75 Å². The number of nitrogens with one attached hydrogen (secondary N) is 1. The first-order valence-corrected chi connectivity index (χ1v) is 5.85. The van der Waals surface area contributed by atoms with Gasteiger partial charge in [0.1, 0.15) is 11.6 Å². The standard InChI is InChI=1S/C12H9BrF2N2O/c1-16-11-6-8(2-3-17-11)18-10-5-7(13)4-9(14)12(10)15/h2-6H,1H3,(H,16,17). The van der Waals surface area contributed by atoms with Gasteiger partial charge in [0.15, 0.2) is 11.6 Å². The molecule has 0 bridgehead atoms. The zero-order valence-electron chi connectivity index (χ0n) is 9.38. The first kappa shape index (κ1) is 12.8. The minimum absolute atomic E-state index is 0.185. The molecule has 0 spiro atoms. The van der Waals surface area contributed by atoms with Crippen molar-refractivity contribution in [1.82, 2.24) is 4.98 Å². The lowest BCUT2D eigenvalue weighted by Crippen LogP contribution is -1.95. The molecule has 0 saturated carbocycles. The second-order valence-electron chi connectivity index (χ2n) is 3.43. The molecule has 0 aliphatic carbocycles. The van der Waals surface area contributed by atoms with Crippen molar-refractivity contribution in [3.63, 3.8) is 0 Å². The highest BCUT2D eigenvalue weighted by Gasteiger charge is 2.12. The van der Waals surface area contributed by atoms with Gasteiger partial charge in [0.2, 0.25) is 5.82 Å². The lowest BCUT2D eigenvalue weighted by atomic mass is 10.3. The number of pyridine rings is 1. The number of aromatic nitrogens is 1. The lowest BCUT2D eigenvalue weighted by molar-refractivity contribution is 0.415. The Labute approximate surface area is 111 Å². The van der Waals surface area contributed by atoms with Crippen molar-refractivity contribution in [3.05, 3.63) is 46.6 Å². The third-order valence-corrected chi connectivity index (χ3v) is 2.63. The summed E-state index contributed by atoms with van der Waals surface area (Å²) < 4.78 is 32.4. The quantitative estimate of drug-likeness (QED) is 0.871. The second-order valence-corrected chi connectivity index (χ2v) is 4.34. The summed E-state index contributed by atoms with van der Waals surface area (Å²) in [5.41, 5.74) is 0. The van der Waals surface area contributed by atoms with Gasteiger partial charge < -0.3 is 10.1 Å². The molecule has 0 amide bonds. The predicted molar refractivity (Wildman–Crippen MR) is 67.9 cm³/mol. The van der Waals surface area contributed by atoms with Crippen LogP contribution in [-0.2, 0) is 0 Å². The molecule has 3 nitrogen and oxygen atoms in total. The summed E-state index contributed by atoms with van der Waals surface area (Å²) >= 11 is 3.08. The van der Waals surface area contributed by atoms with Crippen LogP contribution in [0.5, 0.6) is 11.5 Å². The maximum atomic E-state index is 13.5. The van der Waals surface area contributed by atoms with Crippen LogP contribution in [-0.4, -0.2) is 12.0 Å². The number of nitrogens with zero attached hydrogens (tertiary/aromatic N) is 1. The van der Waals surface area contributed by atoms with E-state index in [2.05, 4.69) is 26.2 Å². The first-order chi connectivity index (χ1) is 8.60. The van der Waals surface area contributed by atoms with Crippen molar-refractivity contribution < 1.29 is 13.5 Å². The van der Waals surface area contributed by atoms with Crippen LogP contribution in [0.3, 0.4) is 0 Å². The molecule has 0 atom stereocenters. The molecule has 2 aromatic rings. The van der Waals surface area contributed by atoms with Gasteiger partial charge in [-0.2, -0.15) is 4.39 Å². The third-order valence-electron chi connectivity index (χ3n) is 2.17. The van der Waals surface area contributed by atoms with Gasteiger partial charge in [-0.1, -0.05) is 15.9 Å². The van der Waals surface area contributed by atoms with Gasteiger partial charge in [0.25, 0.3) is 0 Å². The number of halogens is 3. The third kappa shape index (κ3) is 2.76. The van der Waals surface area contributed by atoms with Gasteiger partial charge in [-0.25, -0.2) is 9.37 Å². The Morgan fingerprint density at radius 1 is 1.28 bits per heavy atom. The van der Waals surface area contributed by atoms with Gasteiger partial charge >= 0.3 is 0 Å². The molecule has 1 N–H and O–H groups in total. The summed E-state index contributed by atoms with van der Waals surface area (Å²) in [6.45, 7) is 0. The summed E-state index contributed by atoms with van der Waals surface area (Å²) in [7, 11) is 1.70. The predicted octanol–water partition coefficient (Wildman–Crippen LogP) is 3.96. The summed E-state index contributed by atoms with van der Waals surface area (Å²) in [4.78, 5) is 3.99. The number of ether oxygens (including phenoxy) is 1. The van der Waals surface area contributed by atoms with E-state index in [0.717, 1.165) is 6.07 Å². The molecule has 0 aliphatic rings. The minimum Gasteiger partial charge on any atom is -0.454 e. The van der Waals surface area contributed by atoms with Crippen LogP contribution in [0.15, 0.2) is 34.9 Å². The Kier molecular flexibility index (Phi) is 3.76. The topological polar surface area (TPSA) is 34.1 Å².